The van der Waals surface area contributed by atoms with E-state index in [2.05, 4.69) is 31.2 Å². The lowest BCUT2D eigenvalue weighted by Gasteiger charge is -2.42. The molecule has 2 saturated heterocycles. The van der Waals surface area contributed by atoms with Crippen molar-refractivity contribution in [1.29, 1.82) is 5.26 Å². The zero-order valence-corrected chi connectivity index (χ0v) is 19.8. The average Bonchev–Trinajstić information content (AvgIpc) is 3.20. The number of aromatic nitrogens is 3. The van der Waals surface area contributed by atoms with E-state index >= 15 is 4.39 Å². The van der Waals surface area contributed by atoms with Crippen LogP contribution in [0.2, 0.25) is 0 Å². The Bertz CT molecular complexity index is 1540. The molecule has 2 aromatic carbocycles. The van der Waals surface area contributed by atoms with Gasteiger partial charge in [-0.3, -0.25) is 4.98 Å². The van der Waals surface area contributed by atoms with E-state index in [0.29, 0.717) is 36.3 Å². The monoisotopic (exact) mass is 484 g/mol. The van der Waals surface area contributed by atoms with Crippen LogP contribution in [-0.2, 0) is 0 Å². The van der Waals surface area contributed by atoms with Crippen molar-refractivity contribution in [3.8, 4) is 29.1 Å². The van der Waals surface area contributed by atoms with E-state index in [1.165, 1.54) is 13.2 Å². The quantitative estimate of drug-likeness (QED) is 0.432. The fourth-order valence-corrected chi connectivity index (χ4v) is 5.75. The lowest BCUT2D eigenvalue weighted by molar-refractivity contribution is 0.303. The molecule has 2 fully saturated rings. The molecular formula is C27H25FN6O2. The molecule has 182 valence electrons. The van der Waals surface area contributed by atoms with Gasteiger partial charge >= 0.3 is 6.01 Å². The third-order valence-corrected chi connectivity index (χ3v) is 7.36. The summed E-state index contributed by atoms with van der Waals surface area (Å²) in [6.07, 6.45) is 4.82. The van der Waals surface area contributed by atoms with Gasteiger partial charge in [0.25, 0.3) is 0 Å². The highest BCUT2D eigenvalue weighted by Crippen LogP contribution is 2.39. The van der Waals surface area contributed by atoms with Gasteiger partial charge in [-0.2, -0.15) is 15.2 Å². The van der Waals surface area contributed by atoms with Gasteiger partial charge < -0.3 is 20.1 Å². The Kier molecular flexibility index (Phi) is 5.34. The molecule has 2 aromatic heterocycles. The van der Waals surface area contributed by atoms with Crippen LogP contribution >= 0.6 is 0 Å². The molecule has 0 saturated carbocycles. The summed E-state index contributed by atoms with van der Waals surface area (Å²) in [5.74, 6) is 0.0118. The van der Waals surface area contributed by atoms with Crippen molar-refractivity contribution < 1.29 is 14.2 Å². The Morgan fingerprint density at radius 3 is 2.97 bits per heavy atom. The molecule has 4 aromatic rings. The number of ether oxygens (including phenoxy) is 1. The normalized spacial score (nSPS) is 21.1. The van der Waals surface area contributed by atoms with Crippen molar-refractivity contribution in [3.05, 3.63) is 48.4 Å². The van der Waals surface area contributed by atoms with E-state index in [0.717, 1.165) is 30.0 Å². The summed E-state index contributed by atoms with van der Waals surface area (Å²) in [7, 11) is 1.46. The van der Waals surface area contributed by atoms with Crippen LogP contribution in [-0.4, -0.2) is 51.8 Å². The molecule has 4 heterocycles. The molecule has 36 heavy (non-hydrogen) atoms. The summed E-state index contributed by atoms with van der Waals surface area (Å²) < 4.78 is 21.5. The SMILES string of the molecule is COc1nc(N2CC3CCC(CCC#N)(C2)N3)c2cnc(-c3cc(O)cc4ccccc34)c(F)c2n1. The summed E-state index contributed by atoms with van der Waals surface area (Å²) >= 11 is 0. The number of rotatable bonds is 5. The van der Waals surface area contributed by atoms with E-state index in [9.17, 15) is 5.11 Å². The molecule has 2 unspecified atom stereocenters. The minimum Gasteiger partial charge on any atom is -0.508 e. The van der Waals surface area contributed by atoms with Gasteiger partial charge in [0.05, 0.1) is 18.6 Å². The van der Waals surface area contributed by atoms with Gasteiger partial charge in [0, 0.05) is 42.9 Å². The van der Waals surface area contributed by atoms with E-state index in [1.54, 1.807) is 12.3 Å². The zero-order chi connectivity index (χ0) is 24.9. The van der Waals surface area contributed by atoms with Crippen LogP contribution in [0.25, 0.3) is 32.9 Å². The highest BCUT2D eigenvalue weighted by atomic mass is 19.1. The summed E-state index contributed by atoms with van der Waals surface area (Å²) in [6, 6.07) is 13.2. The first-order chi connectivity index (χ1) is 17.5. The second kappa shape index (κ2) is 8.57. The number of halogens is 1. The predicted octanol–water partition coefficient (Wildman–Crippen LogP) is 4.31. The molecule has 2 aliphatic rings. The topological polar surface area (TPSA) is 107 Å². The Labute approximate surface area is 207 Å². The maximum atomic E-state index is 16.1. The summed E-state index contributed by atoms with van der Waals surface area (Å²) in [5.41, 5.74) is 0.536. The summed E-state index contributed by atoms with van der Waals surface area (Å²) in [5, 5.41) is 25.2. The number of hydrogen-bond acceptors (Lipinski definition) is 8. The number of pyridine rings is 1. The van der Waals surface area contributed by atoms with Gasteiger partial charge in [-0.05, 0) is 42.2 Å². The molecule has 0 amide bonds. The number of nitriles is 1. The number of phenolic OH excluding ortho intramolecular Hbond substituents is 1. The minimum absolute atomic E-state index is 0.0323. The molecule has 0 spiro atoms. The number of nitrogens with one attached hydrogen (secondary N) is 1. The zero-order valence-electron chi connectivity index (χ0n) is 19.8. The first kappa shape index (κ1) is 22.4. The molecule has 2 atom stereocenters. The Morgan fingerprint density at radius 2 is 2.14 bits per heavy atom. The number of piperazine rings is 1. The van der Waals surface area contributed by atoms with Gasteiger partial charge in [-0.25, -0.2) is 4.39 Å². The first-order valence-electron chi connectivity index (χ1n) is 12.0. The highest BCUT2D eigenvalue weighted by Gasteiger charge is 2.45. The Morgan fingerprint density at radius 1 is 1.28 bits per heavy atom. The predicted molar refractivity (Wildman–Crippen MR) is 134 cm³/mol. The smallest absolute Gasteiger partial charge is 0.318 e. The molecule has 6 rings (SSSR count). The van der Waals surface area contributed by atoms with Crippen molar-refractivity contribution >= 4 is 27.5 Å². The number of aromatic hydroxyl groups is 1. The van der Waals surface area contributed by atoms with Gasteiger partial charge in [-0.1, -0.05) is 24.3 Å². The van der Waals surface area contributed by atoms with Gasteiger partial charge in [0.1, 0.15) is 22.8 Å². The van der Waals surface area contributed by atoms with Gasteiger partial charge in [0.15, 0.2) is 5.82 Å². The van der Waals surface area contributed by atoms with E-state index in [1.807, 2.05) is 24.3 Å². The lowest BCUT2D eigenvalue weighted by Crippen LogP contribution is -2.59. The largest absolute Gasteiger partial charge is 0.508 e. The Balaban J connectivity index is 1.50. The second-order valence-electron chi connectivity index (χ2n) is 9.63. The number of methoxy groups -OCH3 is 1. The molecule has 9 heteroatoms. The number of hydrogen-bond donors (Lipinski definition) is 2. The van der Waals surface area contributed by atoms with Gasteiger partial charge in [-0.15, -0.1) is 0 Å². The number of fused-ring (bicyclic) bond motifs is 4. The van der Waals surface area contributed by atoms with Crippen molar-refractivity contribution in [2.45, 2.75) is 37.3 Å². The van der Waals surface area contributed by atoms with E-state index in [-0.39, 0.29) is 34.6 Å². The number of anilines is 1. The third-order valence-electron chi connectivity index (χ3n) is 7.36. The summed E-state index contributed by atoms with van der Waals surface area (Å²) in [4.78, 5) is 15.6. The molecule has 2 N–H and O–H groups in total. The van der Waals surface area contributed by atoms with Crippen molar-refractivity contribution in [2.75, 3.05) is 25.1 Å². The third kappa shape index (κ3) is 3.65. The first-order valence-corrected chi connectivity index (χ1v) is 12.0. The molecule has 2 aliphatic heterocycles. The fraction of sp³-hybridized carbons (Fsp3) is 0.333. The molecule has 0 radical (unpaired) electrons. The lowest BCUT2D eigenvalue weighted by atomic mass is 9.91. The van der Waals surface area contributed by atoms with Crippen LogP contribution in [0.4, 0.5) is 10.2 Å². The standard InChI is InChI=1S/C27H25FN6O2/c1-36-26-31-24-21(25(32-26)34-14-17-7-9-27(15-34,33-17)8-4-10-29)13-30-23(22(24)28)20-12-18(35)11-16-5-2-3-6-19(16)20/h2-3,5-6,11-13,17,33,35H,4,7-9,14-15H2,1H3. The van der Waals surface area contributed by atoms with E-state index in [4.69, 9.17) is 10.00 Å². The van der Waals surface area contributed by atoms with Crippen LogP contribution in [0.1, 0.15) is 25.7 Å². The molecule has 0 aliphatic carbocycles. The number of phenols is 1. The van der Waals surface area contributed by atoms with Crippen LogP contribution in [0.5, 0.6) is 11.8 Å². The van der Waals surface area contributed by atoms with Crippen LogP contribution in [0, 0.1) is 17.1 Å². The number of nitrogens with zero attached hydrogens (tertiary/aromatic N) is 5. The molecule has 2 bridgehead atoms. The van der Waals surface area contributed by atoms with Crippen LogP contribution in [0.15, 0.2) is 42.6 Å². The number of benzene rings is 2. The second-order valence-corrected chi connectivity index (χ2v) is 9.63. The van der Waals surface area contributed by atoms with Crippen molar-refractivity contribution in [3.63, 3.8) is 0 Å². The van der Waals surface area contributed by atoms with Crippen LogP contribution in [0.3, 0.4) is 0 Å². The average molecular weight is 485 g/mol. The van der Waals surface area contributed by atoms with E-state index < -0.39 is 5.82 Å². The molecular weight excluding hydrogens is 459 g/mol. The Hall–Kier alpha value is -4.03. The maximum absolute atomic E-state index is 16.1. The van der Waals surface area contributed by atoms with Crippen LogP contribution < -0.4 is 15.0 Å². The minimum atomic E-state index is -0.595. The summed E-state index contributed by atoms with van der Waals surface area (Å²) in [6.45, 7) is 1.37. The van der Waals surface area contributed by atoms with Gasteiger partial charge in [0.2, 0.25) is 0 Å². The highest BCUT2D eigenvalue weighted by molar-refractivity contribution is 5.99. The van der Waals surface area contributed by atoms with Crippen molar-refractivity contribution in [1.82, 2.24) is 20.3 Å². The molecule has 8 nitrogen and oxygen atoms in total. The maximum Gasteiger partial charge on any atom is 0.318 e. The van der Waals surface area contributed by atoms with Crippen molar-refractivity contribution in [2.24, 2.45) is 0 Å². The fourth-order valence-electron chi connectivity index (χ4n) is 5.75.